The Morgan fingerprint density at radius 2 is 1.80 bits per heavy atom. The van der Waals surface area contributed by atoms with Crippen LogP contribution in [0.3, 0.4) is 0 Å². The van der Waals surface area contributed by atoms with E-state index in [1.54, 1.807) is 6.07 Å². The average molecular weight is 502 g/mol. The maximum atomic E-state index is 13.3. The number of fused-ring (bicyclic) bond motifs is 1. The molecule has 0 unspecified atom stereocenters. The van der Waals surface area contributed by atoms with Gasteiger partial charge in [-0.3, -0.25) is 14.9 Å². The lowest BCUT2D eigenvalue weighted by Crippen LogP contribution is -2.23. The monoisotopic (exact) mass is 501 g/mol. The highest BCUT2D eigenvalue weighted by Gasteiger charge is 2.34. The number of benzene rings is 2. The molecule has 1 fully saturated rings. The van der Waals surface area contributed by atoms with Crippen LogP contribution in [0.15, 0.2) is 41.3 Å². The first-order valence-corrected chi connectivity index (χ1v) is 12.1. The van der Waals surface area contributed by atoms with Crippen LogP contribution in [0, 0.1) is 12.8 Å². The van der Waals surface area contributed by atoms with Gasteiger partial charge in [0.25, 0.3) is 11.1 Å². The summed E-state index contributed by atoms with van der Waals surface area (Å²) in [4.78, 5) is 23.7. The summed E-state index contributed by atoms with van der Waals surface area (Å²) < 4.78 is 44.2. The van der Waals surface area contributed by atoms with Crippen molar-refractivity contribution in [3.05, 3.63) is 63.6 Å². The number of alkyl halides is 3. The van der Waals surface area contributed by atoms with Crippen molar-refractivity contribution in [1.82, 2.24) is 5.32 Å². The second kappa shape index (κ2) is 8.90. The van der Waals surface area contributed by atoms with Crippen molar-refractivity contribution in [2.24, 2.45) is 5.92 Å². The smallest absolute Gasteiger partial charge is 0.405 e. The van der Waals surface area contributed by atoms with Crippen LogP contribution < -0.4 is 10.1 Å². The van der Waals surface area contributed by atoms with Gasteiger partial charge in [-0.1, -0.05) is 45.9 Å². The van der Waals surface area contributed by atoms with Gasteiger partial charge in [-0.25, -0.2) is 0 Å². The molecule has 0 bridgehead atoms. The number of aryl methyl sites for hydroxylation is 1. The van der Waals surface area contributed by atoms with Gasteiger partial charge in [0, 0.05) is 5.56 Å². The van der Waals surface area contributed by atoms with Gasteiger partial charge in [0.1, 0.15) is 5.75 Å². The number of carbonyl (C=O) groups is 2. The molecule has 1 aliphatic heterocycles. The summed E-state index contributed by atoms with van der Waals surface area (Å²) in [5.41, 5.74) is 5.43. The van der Waals surface area contributed by atoms with Crippen molar-refractivity contribution in [2.45, 2.75) is 52.8 Å². The zero-order valence-electron chi connectivity index (χ0n) is 20.1. The number of hydrogen-bond donors (Lipinski definition) is 1. The Labute approximate surface area is 206 Å². The van der Waals surface area contributed by atoms with E-state index in [2.05, 4.69) is 49.9 Å². The molecule has 4 rings (SSSR count). The summed E-state index contributed by atoms with van der Waals surface area (Å²) in [6.07, 6.45) is -0.277. The number of amides is 2. The third-order valence-electron chi connectivity index (χ3n) is 6.32. The summed E-state index contributed by atoms with van der Waals surface area (Å²) in [6, 6.07) is 8.25. The minimum atomic E-state index is -4.87. The molecule has 184 valence electrons. The summed E-state index contributed by atoms with van der Waals surface area (Å²) in [5, 5.41) is 1.69. The molecule has 2 amide bonds. The number of nitrogens with one attached hydrogen (secondary N) is 1. The lowest BCUT2D eigenvalue weighted by atomic mass is 9.70. The quantitative estimate of drug-likeness (QED) is 0.438. The van der Waals surface area contributed by atoms with Crippen LogP contribution in [0.1, 0.15) is 56.4 Å². The zero-order chi connectivity index (χ0) is 25.7. The Kier molecular flexibility index (Phi) is 6.38. The van der Waals surface area contributed by atoms with E-state index in [0.717, 1.165) is 34.9 Å². The summed E-state index contributed by atoms with van der Waals surface area (Å²) in [6.45, 7) is 10.4. The predicted molar refractivity (Wildman–Crippen MR) is 133 cm³/mol. The van der Waals surface area contributed by atoms with Crippen molar-refractivity contribution in [1.29, 1.82) is 0 Å². The third-order valence-corrected chi connectivity index (χ3v) is 7.13. The second-order valence-electron chi connectivity index (χ2n) is 9.77. The Morgan fingerprint density at radius 3 is 2.40 bits per heavy atom. The molecule has 0 atom stereocenters. The van der Waals surface area contributed by atoms with Gasteiger partial charge in [-0.2, -0.15) is 0 Å². The summed E-state index contributed by atoms with van der Waals surface area (Å²) in [5.74, 6) is -0.610. The number of hydrogen-bond acceptors (Lipinski definition) is 4. The highest BCUT2D eigenvalue weighted by molar-refractivity contribution is 8.18. The molecular formula is C27H26F3NO3S. The van der Waals surface area contributed by atoms with E-state index in [1.165, 1.54) is 23.8 Å². The van der Waals surface area contributed by atoms with E-state index in [9.17, 15) is 22.8 Å². The van der Waals surface area contributed by atoms with Gasteiger partial charge in [-0.05, 0) is 94.1 Å². The van der Waals surface area contributed by atoms with Crippen LogP contribution in [-0.2, 0) is 10.2 Å². The lowest BCUT2D eigenvalue weighted by Gasteiger charge is -2.34. The first-order chi connectivity index (χ1) is 16.2. The van der Waals surface area contributed by atoms with E-state index in [4.69, 9.17) is 0 Å². The second-order valence-corrected chi connectivity index (χ2v) is 10.8. The standard InChI is InChI=1S/C27H26F3NO3S/c1-14(2)17-8-9-26(4,5)21-10-15(3)18(13-19(17)21)20-11-16(6-7-22(20)34-27(28,29)30)12-23-24(32)31-25(33)35-23/h6-8,10-14H,9H2,1-5H3,(H,31,32,33)/b23-12-. The number of ether oxygens (including phenoxy) is 1. The maximum absolute atomic E-state index is 13.3. The van der Waals surface area contributed by atoms with E-state index in [0.29, 0.717) is 11.1 Å². The number of thioether (sulfide) groups is 1. The average Bonchev–Trinajstić information content (AvgIpc) is 3.04. The molecule has 35 heavy (non-hydrogen) atoms. The van der Waals surface area contributed by atoms with E-state index >= 15 is 0 Å². The fraction of sp³-hybridized carbons (Fsp3) is 0.333. The number of carbonyl (C=O) groups excluding carboxylic acids is 2. The molecular weight excluding hydrogens is 475 g/mol. The fourth-order valence-corrected chi connectivity index (χ4v) is 5.24. The van der Waals surface area contributed by atoms with Gasteiger partial charge < -0.3 is 4.74 Å². The Hall–Kier alpha value is -3.00. The van der Waals surface area contributed by atoms with Crippen molar-refractivity contribution in [2.75, 3.05) is 0 Å². The molecule has 2 aromatic rings. The van der Waals surface area contributed by atoms with Crippen LogP contribution in [0.5, 0.6) is 5.75 Å². The van der Waals surface area contributed by atoms with Gasteiger partial charge in [0.2, 0.25) is 0 Å². The van der Waals surface area contributed by atoms with E-state index in [1.807, 2.05) is 13.0 Å². The molecule has 0 radical (unpaired) electrons. The highest BCUT2D eigenvalue weighted by atomic mass is 32.2. The zero-order valence-corrected chi connectivity index (χ0v) is 20.9. The molecule has 0 aromatic heterocycles. The molecule has 0 saturated carbocycles. The lowest BCUT2D eigenvalue weighted by molar-refractivity contribution is -0.274. The normalized spacial score (nSPS) is 18.5. The first-order valence-electron chi connectivity index (χ1n) is 11.3. The van der Waals surface area contributed by atoms with Gasteiger partial charge in [0.15, 0.2) is 0 Å². The summed E-state index contributed by atoms with van der Waals surface area (Å²) in [7, 11) is 0. The Morgan fingerprint density at radius 1 is 1.09 bits per heavy atom. The molecule has 1 saturated heterocycles. The molecule has 2 aromatic carbocycles. The SMILES string of the molecule is Cc1cc2c(cc1-c1cc(/C=C3\SC(=O)NC3=O)ccc1OC(F)(F)F)C(C(C)C)=CCC2(C)C. The van der Waals surface area contributed by atoms with E-state index in [-0.39, 0.29) is 27.6 Å². The molecule has 1 aliphatic carbocycles. The van der Waals surface area contributed by atoms with Crippen LogP contribution >= 0.6 is 11.8 Å². The van der Waals surface area contributed by atoms with Gasteiger partial charge in [0.05, 0.1) is 4.91 Å². The Balaban J connectivity index is 1.92. The minimum absolute atomic E-state index is 0.103. The molecule has 2 aliphatic rings. The molecule has 4 nitrogen and oxygen atoms in total. The summed E-state index contributed by atoms with van der Waals surface area (Å²) >= 11 is 0.752. The number of halogens is 3. The van der Waals surface area contributed by atoms with Gasteiger partial charge >= 0.3 is 6.36 Å². The van der Waals surface area contributed by atoms with Crippen molar-refractivity contribution < 1.29 is 27.5 Å². The molecule has 1 N–H and O–H groups in total. The van der Waals surface area contributed by atoms with Gasteiger partial charge in [-0.15, -0.1) is 13.2 Å². The van der Waals surface area contributed by atoms with Crippen LogP contribution in [0.4, 0.5) is 18.0 Å². The highest BCUT2D eigenvalue weighted by Crippen LogP contribution is 2.46. The first kappa shape index (κ1) is 25.1. The third kappa shape index (κ3) is 5.17. The van der Waals surface area contributed by atoms with Crippen molar-refractivity contribution >= 4 is 34.6 Å². The number of rotatable bonds is 4. The maximum Gasteiger partial charge on any atom is 0.573 e. The van der Waals surface area contributed by atoms with Crippen LogP contribution in [0.25, 0.3) is 22.8 Å². The predicted octanol–water partition coefficient (Wildman–Crippen LogP) is 7.61. The minimum Gasteiger partial charge on any atom is -0.405 e. The van der Waals surface area contributed by atoms with Crippen LogP contribution in [-0.4, -0.2) is 17.5 Å². The molecule has 0 spiro atoms. The van der Waals surface area contributed by atoms with Crippen molar-refractivity contribution in [3.63, 3.8) is 0 Å². The molecule has 8 heteroatoms. The van der Waals surface area contributed by atoms with Crippen LogP contribution in [0.2, 0.25) is 0 Å². The topological polar surface area (TPSA) is 55.4 Å². The molecule has 1 heterocycles. The largest absolute Gasteiger partial charge is 0.573 e. The Bertz CT molecular complexity index is 1290. The number of allylic oxidation sites excluding steroid dienone is 2. The fourth-order valence-electron chi connectivity index (χ4n) is 4.56. The van der Waals surface area contributed by atoms with Crippen molar-refractivity contribution in [3.8, 4) is 16.9 Å². The van der Waals surface area contributed by atoms with E-state index < -0.39 is 17.5 Å². The number of imide groups is 1.